The van der Waals surface area contributed by atoms with Crippen LogP contribution < -0.4 is 9.05 Å². The van der Waals surface area contributed by atoms with Crippen LogP contribution in [0.2, 0.25) is 0 Å². The number of aliphatic hydroxyl groups excluding tert-OH is 1. The predicted octanol–water partition coefficient (Wildman–Crippen LogP) is 14.1. The van der Waals surface area contributed by atoms with Crippen molar-refractivity contribution in [1.82, 2.24) is 0 Å². The Morgan fingerprint density at radius 3 is 1.02 bits per heavy atom. The highest BCUT2D eigenvalue weighted by molar-refractivity contribution is 7.72. The fraction of sp³-hybridized carbons (Fsp3) is 0.535. The molecule has 0 aliphatic rings. The van der Waals surface area contributed by atoms with E-state index in [2.05, 4.69) is 83.1 Å². The summed E-state index contributed by atoms with van der Waals surface area (Å²) in [7, 11) is -1.10. The van der Waals surface area contributed by atoms with Crippen molar-refractivity contribution < 1.29 is 41.3 Å². The molecule has 0 bridgehead atoms. The standard InChI is InChI=1S/C40H60N2O8P3.CH4O.2CH4/c1-21-23(3)31(11)37-35(27(21)7)29(9)25(5)33(13)39(37)49-52(45-17,46-18)41-51(43-15,44-16)42-53(47-19,48-20)50-40-34(14)26(6)30(10)36-28(8)22(2)24(4)32(12)38(36)40;1-2;;/h1-20H3;2H,1H3;2*1H4/q+1;;;. The van der Waals surface area contributed by atoms with Gasteiger partial charge >= 0.3 is 23.5 Å². The number of hydrogen-bond acceptors (Lipinski definition) is 10. The van der Waals surface area contributed by atoms with Crippen LogP contribution in [-0.4, -0.2) is 54.9 Å². The second-order valence-electron chi connectivity index (χ2n) is 13.8. The number of nitrogens with zero attached hydrogens (tertiary/aromatic N) is 2. The van der Waals surface area contributed by atoms with E-state index in [9.17, 15) is 0 Å². The number of aliphatic hydroxyl groups is 1. The summed E-state index contributed by atoms with van der Waals surface area (Å²) in [5, 5.41) is 11.3. The van der Waals surface area contributed by atoms with E-state index in [1.807, 2.05) is 13.8 Å². The molecule has 0 spiro atoms. The summed E-state index contributed by atoms with van der Waals surface area (Å²) in [5.41, 5.74) is 16.1. The van der Waals surface area contributed by atoms with Crippen LogP contribution in [0.25, 0.3) is 21.5 Å². The fourth-order valence-corrected chi connectivity index (χ4v) is 14.2. The molecule has 322 valence electrons. The minimum atomic E-state index is -3.71. The predicted molar refractivity (Wildman–Crippen MR) is 245 cm³/mol. The molecule has 0 saturated carbocycles. The fourth-order valence-electron chi connectivity index (χ4n) is 7.24. The van der Waals surface area contributed by atoms with Gasteiger partial charge in [-0.05, 0) is 180 Å². The summed E-state index contributed by atoms with van der Waals surface area (Å²) in [6.07, 6.45) is 0. The minimum absolute atomic E-state index is 0. The van der Waals surface area contributed by atoms with Crippen LogP contribution in [0.5, 0.6) is 11.5 Å². The lowest BCUT2D eigenvalue weighted by Gasteiger charge is -2.28. The SMILES string of the molecule is C.C.CO.COP(=N[P+](OC)(OC)Oc1c(C)c(C)c(C)c2c(C)c(C)c(C)c(C)c12)(N=P(OC)(OC)Oc1c(C)c(C)c(C)c2c(C)c(C)c(C)c(C)c12)OC. The molecule has 1 N–H and O–H groups in total. The summed E-state index contributed by atoms with van der Waals surface area (Å²) < 4.78 is 60.5. The average Bonchev–Trinajstić information content (AvgIpc) is 3.20. The van der Waals surface area contributed by atoms with E-state index < -0.39 is 23.5 Å². The van der Waals surface area contributed by atoms with Crippen LogP contribution in [0, 0.1) is 96.9 Å². The van der Waals surface area contributed by atoms with Crippen LogP contribution in [0.3, 0.4) is 0 Å². The Bertz CT molecular complexity index is 2210. The first kappa shape index (κ1) is 52.6. The normalized spacial score (nSPS) is 11.8. The summed E-state index contributed by atoms with van der Waals surface area (Å²) in [6.45, 7) is 29.8. The summed E-state index contributed by atoms with van der Waals surface area (Å²) in [4.78, 5) is 0. The average molecular weight is 854 g/mol. The van der Waals surface area contributed by atoms with Crippen LogP contribution in [0.4, 0.5) is 0 Å². The molecule has 0 aliphatic carbocycles. The number of rotatable bonds is 12. The van der Waals surface area contributed by atoms with Crippen molar-refractivity contribution in [3.8, 4) is 11.5 Å². The van der Waals surface area contributed by atoms with Gasteiger partial charge in [-0.15, -0.1) is 4.52 Å². The smallest absolute Gasteiger partial charge is 0.417 e. The molecule has 4 aromatic carbocycles. The Morgan fingerprint density at radius 1 is 0.404 bits per heavy atom. The van der Waals surface area contributed by atoms with Crippen molar-refractivity contribution in [2.24, 2.45) is 9.03 Å². The molecule has 0 atom stereocenters. The van der Waals surface area contributed by atoms with Crippen molar-refractivity contribution in [1.29, 1.82) is 0 Å². The Morgan fingerprint density at radius 2 is 0.702 bits per heavy atom. The van der Waals surface area contributed by atoms with Gasteiger partial charge in [-0.1, -0.05) is 14.9 Å². The van der Waals surface area contributed by atoms with E-state index in [-0.39, 0.29) is 14.9 Å². The molecule has 4 rings (SSSR count). The lowest BCUT2D eigenvalue weighted by molar-refractivity contribution is 0.246. The van der Waals surface area contributed by atoms with Crippen molar-refractivity contribution in [2.75, 3.05) is 49.8 Å². The van der Waals surface area contributed by atoms with Gasteiger partial charge in [-0.25, -0.2) is 0 Å². The number of aryl methyl sites for hydroxylation is 6. The number of fused-ring (bicyclic) bond motifs is 2. The second kappa shape index (κ2) is 20.2. The number of hydrogen-bond donors (Lipinski definition) is 1. The summed E-state index contributed by atoms with van der Waals surface area (Å²) in [5.74, 6) is 1.25. The zero-order valence-electron chi connectivity index (χ0n) is 36.9. The van der Waals surface area contributed by atoms with Gasteiger partial charge in [-0.3, -0.25) is 13.6 Å². The Labute approximate surface area is 345 Å². The molecular weight excluding hydrogens is 781 g/mol. The topological polar surface area (TPSA) is 119 Å². The van der Waals surface area contributed by atoms with Crippen molar-refractivity contribution in [2.45, 2.75) is 112 Å². The Kier molecular flexibility index (Phi) is 18.7. The molecular formula is C43H72N2O9P3+. The van der Waals surface area contributed by atoms with Crippen molar-refractivity contribution in [3.05, 3.63) is 77.9 Å². The van der Waals surface area contributed by atoms with Gasteiger partial charge in [0, 0.05) is 56.4 Å². The first-order chi connectivity index (χ1) is 25.7. The van der Waals surface area contributed by atoms with E-state index >= 15 is 0 Å². The Hall–Kier alpha value is -2.39. The summed E-state index contributed by atoms with van der Waals surface area (Å²) >= 11 is 0. The third-order valence-corrected chi connectivity index (χ3v) is 19.0. The molecule has 11 nitrogen and oxygen atoms in total. The van der Waals surface area contributed by atoms with E-state index in [0.717, 1.165) is 62.0 Å². The second-order valence-corrected chi connectivity index (χ2v) is 20.6. The first-order valence-corrected chi connectivity index (χ1v) is 22.6. The Balaban J connectivity index is 0.00000400. The molecule has 57 heavy (non-hydrogen) atoms. The molecule has 0 saturated heterocycles. The molecule has 4 aromatic rings. The molecule has 0 amide bonds. The third kappa shape index (κ3) is 9.05. The third-order valence-electron chi connectivity index (χ3n) is 11.8. The molecule has 0 aliphatic heterocycles. The zero-order chi connectivity index (χ0) is 42.1. The van der Waals surface area contributed by atoms with Crippen molar-refractivity contribution in [3.63, 3.8) is 0 Å². The van der Waals surface area contributed by atoms with Gasteiger partial charge in [0.2, 0.25) is 0 Å². The molecule has 0 radical (unpaired) electrons. The first-order valence-electron chi connectivity index (χ1n) is 18.1. The highest BCUT2D eigenvalue weighted by Gasteiger charge is 2.52. The van der Waals surface area contributed by atoms with Crippen LogP contribution in [0.15, 0.2) is 9.03 Å². The largest absolute Gasteiger partial charge is 0.603 e. The van der Waals surface area contributed by atoms with Gasteiger partial charge in [0.1, 0.15) is 5.75 Å². The maximum atomic E-state index is 7.00. The molecule has 0 heterocycles. The molecule has 0 fully saturated rings. The maximum Gasteiger partial charge on any atom is 0.603 e. The molecule has 0 aromatic heterocycles. The lowest BCUT2D eigenvalue weighted by atomic mass is 9.86. The number of benzene rings is 4. The van der Waals surface area contributed by atoms with E-state index in [0.29, 0.717) is 11.5 Å². The lowest BCUT2D eigenvalue weighted by Crippen LogP contribution is -2.09. The van der Waals surface area contributed by atoms with Gasteiger partial charge in [0.25, 0.3) is 0 Å². The monoisotopic (exact) mass is 853 g/mol. The van der Waals surface area contributed by atoms with E-state index in [4.69, 9.17) is 50.3 Å². The minimum Gasteiger partial charge on any atom is -0.417 e. The van der Waals surface area contributed by atoms with Gasteiger partial charge in [-0.2, -0.15) is 9.05 Å². The van der Waals surface area contributed by atoms with Crippen LogP contribution in [-0.2, 0) is 27.1 Å². The summed E-state index contributed by atoms with van der Waals surface area (Å²) in [6, 6.07) is 0. The van der Waals surface area contributed by atoms with E-state index in [1.165, 1.54) is 87.2 Å². The highest BCUT2D eigenvalue weighted by Crippen LogP contribution is 2.75. The highest BCUT2D eigenvalue weighted by atomic mass is 31.3. The van der Waals surface area contributed by atoms with E-state index in [1.54, 1.807) is 0 Å². The van der Waals surface area contributed by atoms with Gasteiger partial charge in [0.15, 0.2) is 5.75 Å². The molecule has 0 unspecified atom stereocenters. The zero-order valence-corrected chi connectivity index (χ0v) is 39.6. The van der Waals surface area contributed by atoms with Gasteiger partial charge < -0.3 is 18.7 Å². The van der Waals surface area contributed by atoms with Crippen molar-refractivity contribution >= 4 is 45.0 Å². The van der Waals surface area contributed by atoms with Crippen LogP contribution >= 0.6 is 23.5 Å². The molecule has 14 heteroatoms. The quantitative estimate of drug-likeness (QED) is 0.139. The maximum absolute atomic E-state index is 7.00. The van der Waals surface area contributed by atoms with Crippen LogP contribution in [0.1, 0.15) is 92.7 Å². The van der Waals surface area contributed by atoms with Gasteiger partial charge in [0.05, 0.1) is 14.2 Å².